The van der Waals surface area contributed by atoms with Gasteiger partial charge in [-0.3, -0.25) is 4.79 Å². The molecule has 0 aromatic heterocycles. The molecule has 1 aromatic carbocycles. The van der Waals surface area contributed by atoms with Crippen LogP contribution in [0.15, 0.2) is 29.2 Å². The molecule has 6 heteroatoms. The maximum absolute atomic E-state index is 11.8. The Labute approximate surface area is 113 Å². The summed E-state index contributed by atoms with van der Waals surface area (Å²) in [5, 5.41) is 5.98. The lowest BCUT2D eigenvalue weighted by atomic mass is 10.2. The second-order valence-electron chi connectivity index (χ2n) is 4.78. The van der Waals surface area contributed by atoms with E-state index in [0.29, 0.717) is 11.4 Å². The van der Waals surface area contributed by atoms with Gasteiger partial charge in [0.15, 0.2) is 9.84 Å². The molecule has 0 saturated carbocycles. The Morgan fingerprint density at radius 2 is 2.05 bits per heavy atom. The van der Waals surface area contributed by atoms with E-state index in [2.05, 4.69) is 10.6 Å². The van der Waals surface area contributed by atoms with Crippen LogP contribution in [0.25, 0.3) is 0 Å². The minimum atomic E-state index is -3.16. The molecule has 1 aromatic rings. The third kappa shape index (κ3) is 3.78. The Hall–Kier alpha value is -1.40. The van der Waals surface area contributed by atoms with Crippen LogP contribution in [0.4, 0.5) is 0 Å². The van der Waals surface area contributed by atoms with E-state index in [9.17, 15) is 13.2 Å². The zero-order valence-corrected chi connectivity index (χ0v) is 11.7. The number of nitrogens with one attached hydrogen (secondary N) is 2. The molecule has 0 unspecified atom stereocenters. The predicted molar refractivity (Wildman–Crippen MR) is 72.4 cm³/mol. The Bertz CT molecular complexity index is 546. The molecule has 0 aliphatic carbocycles. The average Bonchev–Trinajstić information content (AvgIpc) is 2.89. The van der Waals surface area contributed by atoms with Gasteiger partial charge < -0.3 is 10.6 Å². The van der Waals surface area contributed by atoms with E-state index >= 15 is 0 Å². The van der Waals surface area contributed by atoms with Crippen LogP contribution >= 0.6 is 0 Å². The van der Waals surface area contributed by atoms with Gasteiger partial charge in [-0.25, -0.2) is 8.42 Å². The molecule has 1 aliphatic rings. The summed E-state index contributed by atoms with van der Waals surface area (Å²) in [4.78, 5) is 12.1. The summed E-state index contributed by atoms with van der Waals surface area (Å²) < 4.78 is 22.6. The first-order valence-electron chi connectivity index (χ1n) is 6.27. The van der Waals surface area contributed by atoms with Crippen molar-refractivity contribution >= 4 is 15.7 Å². The molecule has 19 heavy (non-hydrogen) atoms. The average molecular weight is 282 g/mol. The second-order valence-corrected chi connectivity index (χ2v) is 6.80. The Balaban J connectivity index is 1.91. The number of sulfone groups is 1. The predicted octanol–water partition coefficient (Wildman–Crippen LogP) is 0.458. The number of carbonyl (C=O) groups excluding carboxylic acids is 1. The third-order valence-corrected chi connectivity index (χ3v) is 4.32. The zero-order chi connectivity index (χ0) is 13.9. The summed E-state index contributed by atoms with van der Waals surface area (Å²) in [7, 11) is -3.16. The fraction of sp³-hybridized carbons (Fsp3) is 0.462. The standard InChI is InChI=1S/C13H18N2O3S/c1-19(17,18)11-6-4-10(5-7-11)9-15-13(16)12-3-2-8-14-12/h4-7,12,14H,2-3,8-9H2,1H3,(H,15,16)/t12-/m0/s1. The quantitative estimate of drug-likeness (QED) is 0.841. The first-order valence-corrected chi connectivity index (χ1v) is 8.16. The van der Waals surface area contributed by atoms with E-state index < -0.39 is 9.84 Å². The van der Waals surface area contributed by atoms with E-state index in [1.807, 2.05) is 0 Å². The number of hydrogen-bond acceptors (Lipinski definition) is 4. The van der Waals surface area contributed by atoms with Crippen LogP contribution < -0.4 is 10.6 Å². The first kappa shape index (κ1) is 14.0. The van der Waals surface area contributed by atoms with Gasteiger partial charge >= 0.3 is 0 Å². The molecular formula is C13H18N2O3S. The summed E-state index contributed by atoms with van der Waals surface area (Å²) in [5.41, 5.74) is 0.888. The lowest BCUT2D eigenvalue weighted by Crippen LogP contribution is -2.39. The van der Waals surface area contributed by atoms with Crippen molar-refractivity contribution in [1.29, 1.82) is 0 Å². The number of amides is 1. The fourth-order valence-electron chi connectivity index (χ4n) is 2.08. The normalized spacial score (nSPS) is 19.3. The minimum absolute atomic E-state index is 0.00434. The largest absolute Gasteiger partial charge is 0.351 e. The lowest BCUT2D eigenvalue weighted by molar-refractivity contribution is -0.122. The fourth-order valence-corrected chi connectivity index (χ4v) is 2.71. The van der Waals surface area contributed by atoms with Crippen molar-refractivity contribution in [3.63, 3.8) is 0 Å². The van der Waals surface area contributed by atoms with Gasteiger partial charge in [0.05, 0.1) is 10.9 Å². The summed E-state index contributed by atoms with van der Waals surface area (Å²) in [6, 6.07) is 6.47. The van der Waals surface area contributed by atoms with E-state index in [0.717, 1.165) is 24.9 Å². The Morgan fingerprint density at radius 3 is 2.58 bits per heavy atom. The molecule has 2 rings (SSSR count). The van der Waals surface area contributed by atoms with Gasteiger partial charge in [0, 0.05) is 12.8 Å². The van der Waals surface area contributed by atoms with E-state index in [1.165, 1.54) is 6.26 Å². The van der Waals surface area contributed by atoms with Crippen LogP contribution in [0.3, 0.4) is 0 Å². The van der Waals surface area contributed by atoms with Gasteiger partial charge in [-0.1, -0.05) is 12.1 Å². The van der Waals surface area contributed by atoms with Crippen molar-refractivity contribution in [3.8, 4) is 0 Å². The maximum atomic E-state index is 11.8. The Morgan fingerprint density at radius 1 is 1.37 bits per heavy atom. The van der Waals surface area contributed by atoms with Crippen molar-refractivity contribution in [2.75, 3.05) is 12.8 Å². The molecule has 1 aliphatic heterocycles. The molecule has 0 spiro atoms. The molecule has 2 N–H and O–H groups in total. The van der Waals surface area contributed by atoms with Crippen LogP contribution in [0.1, 0.15) is 18.4 Å². The first-order chi connectivity index (χ1) is 8.97. The number of carbonyl (C=O) groups is 1. The molecule has 1 fully saturated rings. The van der Waals surface area contributed by atoms with Gasteiger partial charge in [-0.05, 0) is 37.1 Å². The van der Waals surface area contributed by atoms with Crippen molar-refractivity contribution in [1.82, 2.24) is 10.6 Å². The smallest absolute Gasteiger partial charge is 0.237 e. The highest BCUT2D eigenvalue weighted by Crippen LogP contribution is 2.10. The number of hydrogen-bond donors (Lipinski definition) is 2. The summed E-state index contributed by atoms with van der Waals surface area (Å²) >= 11 is 0. The molecule has 1 amide bonds. The molecule has 0 bridgehead atoms. The van der Waals surface area contributed by atoms with Crippen molar-refractivity contribution < 1.29 is 13.2 Å². The van der Waals surface area contributed by atoms with Crippen LogP contribution in [-0.4, -0.2) is 33.2 Å². The van der Waals surface area contributed by atoms with E-state index in [-0.39, 0.29) is 11.9 Å². The van der Waals surface area contributed by atoms with Crippen LogP contribution in [0, 0.1) is 0 Å². The highest BCUT2D eigenvalue weighted by molar-refractivity contribution is 7.90. The summed E-state index contributed by atoms with van der Waals surface area (Å²) in [5.74, 6) is 0.00434. The molecule has 0 radical (unpaired) electrons. The monoisotopic (exact) mass is 282 g/mol. The lowest BCUT2D eigenvalue weighted by Gasteiger charge is -2.11. The van der Waals surface area contributed by atoms with Crippen molar-refractivity contribution in [2.45, 2.75) is 30.3 Å². The van der Waals surface area contributed by atoms with E-state index in [4.69, 9.17) is 0 Å². The molecule has 1 heterocycles. The zero-order valence-electron chi connectivity index (χ0n) is 10.8. The van der Waals surface area contributed by atoms with Gasteiger partial charge in [0.2, 0.25) is 5.91 Å². The van der Waals surface area contributed by atoms with Crippen molar-refractivity contribution in [3.05, 3.63) is 29.8 Å². The van der Waals surface area contributed by atoms with Crippen LogP contribution in [0.5, 0.6) is 0 Å². The number of benzene rings is 1. The van der Waals surface area contributed by atoms with Crippen molar-refractivity contribution in [2.24, 2.45) is 0 Å². The summed E-state index contributed by atoms with van der Waals surface area (Å²) in [6.07, 6.45) is 3.08. The topological polar surface area (TPSA) is 75.3 Å². The molecule has 5 nitrogen and oxygen atoms in total. The van der Waals surface area contributed by atoms with Gasteiger partial charge in [0.1, 0.15) is 0 Å². The highest BCUT2D eigenvalue weighted by Gasteiger charge is 2.21. The van der Waals surface area contributed by atoms with E-state index in [1.54, 1.807) is 24.3 Å². The maximum Gasteiger partial charge on any atom is 0.237 e. The van der Waals surface area contributed by atoms with Crippen LogP contribution in [-0.2, 0) is 21.2 Å². The second kappa shape index (κ2) is 5.71. The van der Waals surface area contributed by atoms with Crippen LogP contribution in [0.2, 0.25) is 0 Å². The summed E-state index contributed by atoms with van der Waals surface area (Å²) in [6.45, 7) is 1.31. The highest BCUT2D eigenvalue weighted by atomic mass is 32.2. The van der Waals surface area contributed by atoms with Gasteiger partial charge in [0.25, 0.3) is 0 Å². The van der Waals surface area contributed by atoms with Gasteiger partial charge in [-0.2, -0.15) is 0 Å². The third-order valence-electron chi connectivity index (χ3n) is 3.20. The SMILES string of the molecule is CS(=O)(=O)c1ccc(CNC(=O)[C@@H]2CCCN2)cc1. The van der Waals surface area contributed by atoms with Gasteiger partial charge in [-0.15, -0.1) is 0 Å². The molecule has 1 atom stereocenters. The molecule has 1 saturated heterocycles. The minimum Gasteiger partial charge on any atom is -0.351 e. The number of rotatable bonds is 4. The molecular weight excluding hydrogens is 264 g/mol. The Kier molecular flexibility index (Phi) is 4.21. The molecule has 104 valence electrons.